The van der Waals surface area contributed by atoms with Crippen molar-refractivity contribution in [3.8, 4) is 0 Å². The molecule has 2 aromatic rings. The topological polar surface area (TPSA) is 66.9 Å². The van der Waals surface area contributed by atoms with Crippen LogP contribution in [0.3, 0.4) is 0 Å². The summed E-state index contributed by atoms with van der Waals surface area (Å²) in [6.07, 6.45) is 4.19. The number of anilines is 1. The molecule has 0 aliphatic heterocycles. The van der Waals surface area contributed by atoms with Crippen molar-refractivity contribution in [2.45, 2.75) is 6.42 Å². The van der Waals surface area contributed by atoms with Crippen molar-refractivity contribution in [3.63, 3.8) is 0 Å². The molecule has 6 heteroatoms. The van der Waals surface area contributed by atoms with Crippen LogP contribution in [0.15, 0.2) is 36.7 Å². The van der Waals surface area contributed by atoms with E-state index in [0.29, 0.717) is 17.4 Å². The van der Waals surface area contributed by atoms with Gasteiger partial charge in [0.25, 0.3) is 5.91 Å². The highest BCUT2D eigenvalue weighted by molar-refractivity contribution is 6.33. The summed E-state index contributed by atoms with van der Waals surface area (Å²) >= 11 is 5.98. The SMILES string of the molecule is CNc1ccc(Cl)c(C(=O)NCCc2ccncc2)n1. The summed E-state index contributed by atoms with van der Waals surface area (Å²) < 4.78 is 0. The van der Waals surface area contributed by atoms with Crippen molar-refractivity contribution in [2.75, 3.05) is 18.9 Å². The molecular formula is C14H15ClN4O. The maximum atomic E-state index is 12.0. The number of pyridine rings is 2. The van der Waals surface area contributed by atoms with Crippen molar-refractivity contribution in [2.24, 2.45) is 0 Å². The minimum Gasteiger partial charge on any atom is -0.373 e. The number of amides is 1. The van der Waals surface area contributed by atoms with E-state index in [1.165, 1.54) is 0 Å². The summed E-state index contributed by atoms with van der Waals surface area (Å²) in [7, 11) is 1.74. The lowest BCUT2D eigenvalue weighted by Gasteiger charge is -2.07. The Balaban J connectivity index is 1.95. The van der Waals surface area contributed by atoms with E-state index in [4.69, 9.17) is 11.6 Å². The van der Waals surface area contributed by atoms with Crippen molar-refractivity contribution >= 4 is 23.3 Å². The Hall–Kier alpha value is -2.14. The molecule has 5 nitrogen and oxygen atoms in total. The Morgan fingerprint density at radius 3 is 2.70 bits per heavy atom. The van der Waals surface area contributed by atoms with E-state index >= 15 is 0 Å². The fourth-order valence-corrected chi connectivity index (χ4v) is 1.89. The van der Waals surface area contributed by atoms with E-state index < -0.39 is 0 Å². The van der Waals surface area contributed by atoms with Crippen molar-refractivity contribution in [1.82, 2.24) is 15.3 Å². The van der Waals surface area contributed by atoms with Gasteiger partial charge in [-0.2, -0.15) is 0 Å². The molecule has 0 atom stereocenters. The quantitative estimate of drug-likeness (QED) is 0.885. The van der Waals surface area contributed by atoms with E-state index in [0.717, 1.165) is 12.0 Å². The third-order valence-corrected chi connectivity index (χ3v) is 3.07. The van der Waals surface area contributed by atoms with Gasteiger partial charge in [-0.05, 0) is 36.2 Å². The average Bonchev–Trinajstić information content (AvgIpc) is 2.48. The lowest BCUT2D eigenvalue weighted by molar-refractivity contribution is 0.0949. The first-order valence-electron chi connectivity index (χ1n) is 6.22. The van der Waals surface area contributed by atoms with E-state index in [1.54, 1.807) is 31.6 Å². The second-order valence-corrected chi connectivity index (χ2v) is 4.55. The molecule has 104 valence electrons. The second-order valence-electron chi connectivity index (χ2n) is 4.14. The Morgan fingerprint density at radius 2 is 2.00 bits per heavy atom. The fraction of sp³-hybridized carbons (Fsp3) is 0.214. The standard InChI is InChI=1S/C14H15ClN4O/c1-16-12-3-2-11(15)13(19-12)14(20)18-9-6-10-4-7-17-8-5-10/h2-5,7-8H,6,9H2,1H3,(H,16,19)(H,18,20). The number of nitrogens with zero attached hydrogens (tertiary/aromatic N) is 2. The third-order valence-electron chi connectivity index (χ3n) is 2.77. The second kappa shape index (κ2) is 6.86. The number of hydrogen-bond donors (Lipinski definition) is 2. The number of halogens is 1. The summed E-state index contributed by atoms with van der Waals surface area (Å²) in [5, 5.41) is 6.02. The van der Waals surface area contributed by atoms with Crippen LogP contribution in [0.25, 0.3) is 0 Å². The van der Waals surface area contributed by atoms with E-state index in [9.17, 15) is 4.79 Å². The number of aromatic nitrogens is 2. The van der Waals surface area contributed by atoms with Crippen LogP contribution in [0.5, 0.6) is 0 Å². The molecule has 0 bridgehead atoms. The molecule has 2 heterocycles. The predicted molar refractivity (Wildman–Crippen MR) is 79.1 cm³/mol. The number of carbonyl (C=O) groups excluding carboxylic acids is 1. The molecule has 2 N–H and O–H groups in total. The van der Waals surface area contributed by atoms with Crippen molar-refractivity contribution in [1.29, 1.82) is 0 Å². The highest BCUT2D eigenvalue weighted by Crippen LogP contribution is 2.16. The van der Waals surface area contributed by atoms with Crippen LogP contribution in [0.4, 0.5) is 5.82 Å². The van der Waals surface area contributed by atoms with E-state index in [1.807, 2.05) is 12.1 Å². The predicted octanol–water partition coefficient (Wildman–Crippen LogP) is 2.14. The van der Waals surface area contributed by atoms with Gasteiger partial charge >= 0.3 is 0 Å². The Bertz CT molecular complexity index is 589. The first-order valence-corrected chi connectivity index (χ1v) is 6.60. The Kier molecular flexibility index (Phi) is 4.90. The van der Waals surface area contributed by atoms with Gasteiger partial charge < -0.3 is 10.6 Å². The van der Waals surface area contributed by atoms with Gasteiger partial charge in [-0.15, -0.1) is 0 Å². The largest absolute Gasteiger partial charge is 0.373 e. The monoisotopic (exact) mass is 290 g/mol. The average molecular weight is 291 g/mol. The van der Waals surface area contributed by atoms with Crippen LogP contribution in [0.1, 0.15) is 16.1 Å². The van der Waals surface area contributed by atoms with Gasteiger partial charge in [-0.25, -0.2) is 4.98 Å². The van der Waals surface area contributed by atoms with Crippen LogP contribution in [0.2, 0.25) is 5.02 Å². The van der Waals surface area contributed by atoms with Gasteiger partial charge in [-0.1, -0.05) is 11.6 Å². The number of carbonyl (C=O) groups is 1. The summed E-state index contributed by atoms with van der Waals surface area (Å²) in [5.74, 6) is 0.329. The summed E-state index contributed by atoms with van der Waals surface area (Å²) in [6, 6.07) is 7.20. The molecule has 2 aromatic heterocycles. The van der Waals surface area contributed by atoms with E-state index in [2.05, 4.69) is 20.6 Å². The molecule has 0 saturated heterocycles. The zero-order valence-corrected chi connectivity index (χ0v) is 11.8. The highest BCUT2D eigenvalue weighted by Gasteiger charge is 2.12. The summed E-state index contributed by atoms with van der Waals surface area (Å²) in [4.78, 5) is 20.1. The van der Waals surface area contributed by atoms with Crippen molar-refractivity contribution in [3.05, 3.63) is 52.9 Å². The summed E-state index contributed by atoms with van der Waals surface area (Å²) in [6.45, 7) is 0.518. The van der Waals surface area contributed by atoms with Crippen LogP contribution in [0, 0.1) is 0 Å². The highest BCUT2D eigenvalue weighted by atomic mass is 35.5. The lowest BCUT2D eigenvalue weighted by Crippen LogP contribution is -2.27. The van der Waals surface area contributed by atoms with Gasteiger partial charge in [0.1, 0.15) is 11.5 Å². The van der Waals surface area contributed by atoms with Gasteiger partial charge in [0.2, 0.25) is 0 Å². The summed E-state index contributed by atoms with van der Waals surface area (Å²) in [5.41, 5.74) is 1.34. The van der Waals surface area contributed by atoms with Gasteiger partial charge in [0.15, 0.2) is 0 Å². The molecule has 0 spiro atoms. The van der Waals surface area contributed by atoms with Crippen LogP contribution < -0.4 is 10.6 Å². The molecule has 0 fully saturated rings. The molecular weight excluding hydrogens is 276 g/mol. The zero-order valence-electron chi connectivity index (χ0n) is 11.1. The number of nitrogens with one attached hydrogen (secondary N) is 2. The van der Waals surface area contributed by atoms with Crippen LogP contribution in [-0.4, -0.2) is 29.5 Å². The normalized spacial score (nSPS) is 10.1. The smallest absolute Gasteiger partial charge is 0.271 e. The Morgan fingerprint density at radius 1 is 1.25 bits per heavy atom. The first-order chi connectivity index (χ1) is 9.70. The molecule has 0 unspecified atom stereocenters. The molecule has 1 amide bonds. The molecule has 0 radical (unpaired) electrons. The third kappa shape index (κ3) is 3.68. The van der Waals surface area contributed by atoms with Gasteiger partial charge in [0, 0.05) is 26.0 Å². The van der Waals surface area contributed by atoms with Crippen LogP contribution in [-0.2, 0) is 6.42 Å². The minimum atomic E-state index is -0.277. The Labute approximate surface area is 122 Å². The molecule has 20 heavy (non-hydrogen) atoms. The maximum absolute atomic E-state index is 12.0. The van der Waals surface area contributed by atoms with Gasteiger partial charge in [-0.3, -0.25) is 9.78 Å². The number of hydrogen-bond acceptors (Lipinski definition) is 4. The first kappa shape index (κ1) is 14.3. The van der Waals surface area contributed by atoms with E-state index in [-0.39, 0.29) is 11.6 Å². The molecule has 2 rings (SSSR count). The van der Waals surface area contributed by atoms with Gasteiger partial charge in [0.05, 0.1) is 5.02 Å². The minimum absolute atomic E-state index is 0.230. The van der Waals surface area contributed by atoms with Crippen LogP contribution >= 0.6 is 11.6 Å². The lowest BCUT2D eigenvalue weighted by atomic mass is 10.2. The molecule has 0 aliphatic carbocycles. The zero-order chi connectivity index (χ0) is 14.4. The molecule has 0 aromatic carbocycles. The van der Waals surface area contributed by atoms with Crippen molar-refractivity contribution < 1.29 is 4.79 Å². The molecule has 0 saturated carbocycles. The molecule has 0 aliphatic rings. The fourth-order valence-electron chi connectivity index (χ4n) is 1.69. The maximum Gasteiger partial charge on any atom is 0.271 e. The number of rotatable bonds is 5.